The van der Waals surface area contributed by atoms with Crippen LogP contribution in [0, 0.1) is 0 Å². The fourth-order valence-corrected chi connectivity index (χ4v) is 6.41. The Balaban J connectivity index is 1.50. The standard InChI is InChI=1S/C21H25N3O6S2/c1-2-31(26,27)24-15-20(30-19-8-4-3-7-18(19)24)21(25)22-16-9-11-17(12-10-16)32(28,29)23-13-5-6-14-23/h3-4,7-12,20H,2,5-6,13-15H2,1H3,(H,22,25)/t20-/m1/s1. The van der Waals surface area contributed by atoms with Crippen molar-refractivity contribution in [3.05, 3.63) is 48.5 Å². The topological polar surface area (TPSA) is 113 Å². The van der Waals surface area contributed by atoms with Crippen LogP contribution in [0.3, 0.4) is 0 Å². The van der Waals surface area contributed by atoms with Crippen LogP contribution in [0.25, 0.3) is 0 Å². The quantitative estimate of drug-likeness (QED) is 0.678. The molecular formula is C21H25N3O6S2. The molecule has 2 aliphatic rings. The molecule has 0 spiro atoms. The maximum atomic E-state index is 12.8. The van der Waals surface area contributed by atoms with E-state index in [2.05, 4.69) is 5.32 Å². The van der Waals surface area contributed by atoms with Gasteiger partial charge in [0.05, 0.1) is 22.9 Å². The summed E-state index contributed by atoms with van der Waals surface area (Å²) in [6.07, 6.45) is 0.643. The third-order valence-corrected chi connectivity index (χ3v) is 9.21. The molecule has 172 valence electrons. The Labute approximate surface area is 188 Å². The average molecular weight is 480 g/mol. The molecular weight excluding hydrogens is 454 g/mol. The lowest BCUT2D eigenvalue weighted by atomic mass is 10.2. The van der Waals surface area contributed by atoms with Gasteiger partial charge in [0.1, 0.15) is 5.75 Å². The van der Waals surface area contributed by atoms with Crippen LogP contribution < -0.4 is 14.4 Å². The summed E-state index contributed by atoms with van der Waals surface area (Å²) in [4.78, 5) is 13.0. The summed E-state index contributed by atoms with van der Waals surface area (Å²) in [7, 11) is -7.14. The van der Waals surface area contributed by atoms with Crippen molar-refractivity contribution in [1.29, 1.82) is 0 Å². The molecule has 4 rings (SSSR count). The second kappa shape index (κ2) is 8.72. The van der Waals surface area contributed by atoms with Crippen LogP contribution in [-0.4, -0.2) is 58.5 Å². The second-order valence-corrected chi connectivity index (χ2v) is 11.8. The lowest BCUT2D eigenvalue weighted by molar-refractivity contribution is -0.122. The number of anilines is 2. The Hall–Kier alpha value is -2.63. The minimum atomic E-state index is -3.60. The van der Waals surface area contributed by atoms with Crippen LogP contribution in [0.5, 0.6) is 5.75 Å². The SMILES string of the molecule is CCS(=O)(=O)N1C[C@H](C(=O)Nc2ccc(S(=O)(=O)N3CCCC3)cc2)Oc2ccccc21. The zero-order valence-corrected chi connectivity index (χ0v) is 19.2. The van der Waals surface area contributed by atoms with E-state index in [1.807, 2.05) is 0 Å². The molecule has 0 aromatic heterocycles. The maximum absolute atomic E-state index is 12.8. The number of hydrogen-bond acceptors (Lipinski definition) is 6. The smallest absolute Gasteiger partial charge is 0.267 e. The number of amides is 1. The summed E-state index contributed by atoms with van der Waals surface area (Å²) in [5, 5.41) is 2.69. The zero-order chi connectivity index (χ0) is 22.9. The monoisotopic (exact) mass is 479 g/mol. The first-order valence-corrected chi connectivity index (χ1v) is 13.4. The van der Waals surface area contributed by atoms with Crippen LogP contribution in [0.15, 0.2) is 53.4 Å². The molecule has 0 bridgehead atoms. The van der Waals surface area contributed by atoms with E-state index in [0.717, 1.165) is 12.8 Å². The van der Waals surface area contributed by atoms with Gasteiger partial charge in [-0.15, -0.1) is 0 Å². The molecule has 0 aliphatic carbocycles. The van der Waals surface area contributed by atoms with E-state index >= 15 is 0 Å². The van der Waals surface area contributed by atoms with E-state index in [-0.39, 0.29) is 17.2 Å². The van der Waals surface area contributed by atoms with Gasteiger partial charge in [0.15, 0.2) is 6.10 Å². The molecule has 11 heteroatoms. The summed E-state index contributed by atoms with van der Waals surface area (Å²) in [6.45, 7) is 2.41. The van der Waals surface area contributed by atoms with Gasteiger partial charge in [0.25, 0.3) is 5.91 Å². The largest absolute Gasteiger partial charge is 0.476 e. The van der Waals surface area contributed by atoms with E-state index in [1.165, 1.54) is 32.9 Å². The Morgan fingerprint density at radius 2 is 1.69 bits per heavy atom. The van der Waals surface area contributed by atoms with E-state index in [1.54, 1.807) is 31.2 Å². The maximum Gasteiger partial charge on any atom is 0.267 e. The van der Waals surface area contributed by atoms with Gasteiger partial charge in [-0.1, -0.05) is 12.1 Å². The van der Waals surface area contributed by atoms with Crippen LogP contribution in [-0.2, 0) is 24.8 Å². The summed E-state index contributed by atoms with van der Waals surface area (Å²) in [5.74, 6) is -0.322. The molecule has 1 N–H and O–H groups in total. The first-order chi connectivity index (χ1) is 15.2. The highest BCUT2D eigenvalue weighted by Gasteiger charge is 2.36. The molecule has 1 fully saturated rings. The van der Waals surface area contributed by atoms with Crippen LogP contribution in [0.2, 0.25) is 0 Å². The van der Waals surface area contributed by atoms with Crippen molar-refractivity contribution in [2.45, 2.75) is 30.8 Å². The van der Waals surface area contributed by atoms with Gasteiger partial charge in [-0.25, -0.2) is 16.8 Å². The van der Waals surface area contributed by atoms with E-state index in [9.17, 15) is 21.6 Å². The van der Waals surface area contributed by atoms with E-state index in [0.29, 0.717) is 30.2 Å². The number of carbonyl (C=O) groups is 1. The number of benzene rings is 2. The van der Waals surface area contributed by atoms with E-state index in [4.69, 9.17) is 4.74 Å². The first-order valence-electron chi connectivity index (χ1n) is 10.4. The van der Waals surface area contributed by atoms with Gasteiger partial charge in [0, 0.05) is 18.8 Å². The van der Waals surface area contributed by atoms with Gasteiger partial charge in [-0.05, 0) is 56.2 Å². The molecule has 1 atom stereocenters. The van der Waals surface area contributed by atoms with Crippen molar-refractivity contribution in [1.82, 2.24) is 4.31 Å². The predicted molar refractivity (Wildman–Crippen MR) is 121 cm³/mol. The summed E-state index contributed by atoms with van der Waals surface area (Å²) < 4.78 is 58.8. The number of carbonyl (C=O) groups excluding carboxylic acids is 1. The summed E-state index contributed by atoms with van der Waals surface area (Å²) in [6, 6.07) is 12.6. The molecule has 2 aromatic carbocycles. The van der Waals surface area contributed by atoms with Crippen molar-refractivity contribution in [3.8, 4) is 5.75 Å². The highest BCUT2D eigenvalue weighted by atomic mass is 32.2. The number of rotatable bonds is 6. The fraction of sp³-hybridized carbons (Fsp3) is 0.381. The molecule has 2 aliphatic heterocycles. The van der Waals surface area contributed by atoms with Crippen molar-refractivity contribution in [3.63, 3.8) is 0 Å². The summed E-state index contributed by atoms with van der Waals surface area (Å²) >= 11 is 0. The number of nitrogens with one attached hydrogen (secondary N) is 1. The number of ether oxygens (including phenoxy) is 1. The number of para-hydroxylation sites is 2. The predicted octanol–water partition coefficient (Wildman–Crippen LogP) is 2.03. The molecule has 2 heterocycles. The highest BCUT2D eigenvalue weighted by molar-refractivity contribution is 7.92. The van der Waals surface area contributed by atoms with Crippen LogP contribution in [0.1, 0.15) is 19.8 Å². The average Bonchev–Trinajstić information content (AvgIpc) is 3.34. The Bertz CT molecular complexity index is 1210. The third-order valence-electron chi connectivity index (χ3n) is 5.55. The third kappa shape index (κ3) is 4.32. The first kappa shape index (κ1) is 22.6. The lowest BCUT2D eigenvalue weighted by Crippen LogP contribution is -2.49. The normalized spacial score (nSPS) is 19.3. The number of hydrogen-bond donors (Lipinski definition) is 1. The molecule has 2 aromatic rings. The zero-order valence-electron chi connectivity index (χ0n) is 17.6. The molecule has 1 amide bonds. The fourth-order valence-electron chi connectivity index (χ4n) is 3.77. The molecule has 0 radical (unpaired) electrons. The van der Waals surface area contributed by atoms with Gasteiger partial charge >= 0.3 is 0 Å². The van der Waals surface area contributed by atoms with Crippen LogP contribution in [0.4, 0.5) is 11.4 Å². The second-order valence-electron chi connectivity index (χ2n) is 7.63. The van der Waals surface area contributed by atoms with Gasteiger partial charge in [-0.2, -0.15) is 4.31 Å². The molecule has 0 unspecified atom stereocenters. The molecule has 9 nitrogen and oxygen atoms in total. The molecule has 32 heavy (non-hydrogen) atoms. The van der Waals surface area contributed by atoms with Gasteiger partial charge in [-0.3, -0.25) is 9.10 Å². The number of fused-ring (bicyclic) bond motifs is 1. The number of nitrogens with zero attached hydrogens (tertiary/aromatic N) is 2. The Kier molecular flexibility index (Phi) is 6.15. The van der Waals surface area contributed by atoms with Crippen molar-refractivity contribution >= 4 is 37.3 Å². The Morgan fingerprint density at radius 3 is 2.34 bits per heavy atom. The van der Waals surface area contributed by atoms with Gasteiger partial charge < -0.3 is 10.1 Å². The molecule has 1 saturated heterocycles. The summed E-state index contributed by atoms with van der Waals surface area (Å²) in [5.41, 5.74) is 0.789. The van der Waals surface area contributed by atoms with Crippen LogP contribution >= 0.6 is 0 Å². The van der Waals surface area contributed by atoms with Crippen molar-refractivity contribution < 1.29 is 26.4 Å². The van der Waals surface area contributed by atoms with Crippen molar-refractivity contribution in [2.75, 3.05) is 35.0 Å². The Morgan fingerprint density at radius 1 is 1.03 bits per heavy atom. The van der Waals surface area contributed by atoms with Crippen molar-refractivity contribution in [2.24, 2.45) is 0 Å². The highest BCUT2D eigenvalue weighted by Crippen LogP contribution is 2.35. The minimum absolute atomic E-state index is 0.109. The van der Waals surface area contributed by atoms with Gasteiger partial charge in [0.2, 0.25) is 20.0 Å². The lowest BCUT2D eigenvalue weighted by Gasteiger charge is -2.34. The van der Waals surface area contributed by atoms with E-state index < -0.39 is 32.1 Å². The number of sulfonamides is 2. The minimum Gasteiger partial charge on any atom is -0.476 e. The molecule has 0 saturated carbocycles.